The number of sulfonamides is 1. The summed E-state index contributed by atoms with van der Waals surface area (Å²) in [5.41, 5.74) is 2.71. The van der Waals surface area contributed by atoms with Crippen LogP contribution in [-0.4, -0.2) is 76.0 Å². The number of hydrogen-bond donors (Lipinski definition) is 2. The van der Waals surface area contributed by atoms with Crippen molar-refractivity contribution in [2.45, 2.75) is 44.0 Å². The van der Waals surface area contributed by atoms with Gasteiger partial charge in [0, 0.05) is 18.2 Å². The highest BCUT2D eigenvalue weighted by molar-refractivity contribution is 7.89. The maximum atomic E-state index is 13.7. The smallest absolute Gasteiger partial charge is 0.251 e. The zero-order valence-electron chi connectivity index (χ0n) is 23.4. The number of nitrogens with one attached hydrogen (secondary N) is 2. The molecule has 2 aromatic carbocycles. The van der Waals surface area contributed by atoms with Gasteiger partial charge in [-0.25, -0.2) is 8.42 Å². The second-order valence-corrected chi connectivity index (χ2v) is 11.5. The molecule has 2 heterocycles. The molecule has 4 rings (SSSR count). The van der Waals surface area contributed by atoms with E-state index in [0.717, 1.165) is 18.4 Å². The molecule has 1 atom stereocenters. The molecule has 0 bridgehead atoms. The molecule has 1 saturated heterocycles. The van der Waals surface area contributed by atoms with Gasteiger partial charge in [0.1, 0.15) is 18.2 Å². The molecule has 40 heavy (non-hydrogen) atoms. The number of rotatable bonds is 11. The third-order valence-corrected chi connectivity index (χ3v) is 9.21. The van der Waals surface area contributed by atoms with E-state index in [1.165, 1.54) is 4.31 Å². The van der Waals surface area contributed by atoms with E-state index in [-0.39, 0.29) is 19.3 Å². The van der Waals surface area contributed by atoms with Crippen LogP contribution in [0.3, 0.4) is 0 Å². The van der Waals surface area contributed by atoms with Gasteiger partial charge in [-0.1, -0.05) is 12.5 Å². The number of piperidine rings is 1. The third kappa shape index (κ3) is 6.24. The predicted octanol–water partition coefficient (Wildman–Crippen LogP) is 3.92. The van der Waals surface area contributed by atoms with Crippen molar-refractivity contribution in [3.63, 3.8) is 0 Å². The summed E-state index contributed by atoms with van der Waals surface area (Å²) in [5.74, 6) is 1.77. The summed E-state index contributed by atoms with van der Waals surface area (Å²) in [7, 11) is 0.894. The maximum absolute atomic E-state index is 13.7. The molecule has 1 aliphatic heterocycles. The van der Waals surface area contributed by atoms with E-state index in [9.17, 15) is 13.2 Å². The maximum Gasteiger partial charge on any atom is 0.251 e. The first-order valence-electron chi connectivity index (χ1n) is 13.0. The SMILES string of the molecule is COc1cc(C)c(S(=O)(=O)N2CCCCC2COCC(=O)Nc2[nH]ncc2-c2ccc(OC)c(OC)c2)c(C)c1. The third-order valence-electron chi connectivity index (χ3n) is 6.95. The van der Waals surface area contributed by atoms with Crippen molar-refractivity contribution >= 4 is 21.7 Å². The van der Waals surface area contributed by atoms with E-state index in [4.69, 9.17) is 18.9 Å². The lowest BCUT2D eigenvalue weighted by atomic mass is 10.1. The molecule has 0 aliphatic carbocycles. The summed E-state index contributed by atoms with van der Waals surface area (Å²) in [5, 5.41) is 9.65. The van der Waals surface area contributed by atoms with Crippen LogP contribution in [0.5, 0.6) is 17.2 Å². The molecule has 0 saturated carbocycles. The number of hydrogen-bond acceptors (Lipinski definition) is 8. The Morgan fingerprint density at radius 2 is 1.77 bits per heavy atom. The number of aromatic amines is 1. The number of aryl methyl sites for hydroxylation is 2. The Balaban J connectivity index is 1.41. The zero-order valence-corrected chi connectivity index (χ0v) is 24.3. The molecule has 0 spiro atoms. The van der Waals surface area contributed by atoms with Gasteiger partial charge < -0.3 is 24.3 Å². The van der Waals surface area contributed by atoms with Crippen LogP contribution < -0.4 is 19.5 Å². The molecule has 2 N–H and O–H groups in total. The average molecular weight is 573 g/mol. The summed E-state index contributed by atoms with van der Waals surface area (Å²) in [6.45, 7) is 3.81. The summed E-state index contributed by atoms with van der Waals surface area (Å²) >= 11 is 0. The number of carbonyl (C=O) groups excluding carboxylic acids is 1. The number of ether oxygens (including phenoxy) is 4. The van der Waals surface area contributed by atoms with Crippen molar-refractivity contribution in [1.82, 2.24) is 14.5 Å². The molecule has 216 valence electrons. The minimum Gasteiger partial charge on any atom is -0.497 e. The van der Waals surface area contributed by atoms with Gasteiger partial charge in [-0.2, -0.15) is 9.40 Å². The van der Waals surface area contributed by atoms with Crippen molar-refractivity contribution in [2.75, 3.05) is 46.4 Å². The standard InChI is InChI=1S/C28H36N4O7S/c1-18-12-22(36-3)13-19(2)27(18)40(34,35)32-11-7-6-8-21(32)16-39-17-26(33)30-28-23(15-29-31-28)20-9-10-24(37-4)25(14-20)38-5/h9-10,12-15,21H,6-8,11,16-17H2,1-5H3,(H2,29,30,31,33). The van der Waals surface area contributed by atoms with E-state index >= 15 is 0 Å². The van der Waals surface area contributed by atoms with Crippen molar-refractivity contribution in [3.8, 4) is 28.4 Å². The Labute approximate surface area is 234 Å². The van der Waals surface area contributed by atoms with Gasteiger partial charge in [0.05, 0.1) is 39.0 Å². The van der Waals surface area contributed by atoms with Crippen LogP contribution in [0.1, 0.15) is 30.4 Å². The van der Waals surface area contributed by atoms with Gasteiger partial charge in [-0.3, -0.25) is 9.89 Å². The van der Waals surface area contributed by atoms with Crippen LogP contribution in [0.4, 0.5) is 5.82 Å². The Kier molecular flexibility index (Phi) is 9.33. The number of anilines is 1. The van der Waals surface area contributed by atoms with Gasteiger partial charge in [0.15, 0.2) is 11.5 Å². The number of carbonyl (C=O) groups is 1. The van der Waals surface area contributed by atoms with Gasteiger partial charge in [0.25, 0.3) is 5.91 Å². The summed E-state index contributed by atoms with van der Waals surface area (Å²) in [6, 6.07) is 8.48. The topological polar surface area (TPSA) is 132 Å². The number of benzene rings is 2. The van der Waals surface area contributed by atoms with Crippen LogP contribution in [0.2, 0.25) is 0 Å². The largest absolute Gasteiger partial charge is 0.497 e. The van der Waals surface area contributed by atoms with Crippen LogP contribution >= 0.6 is 0 Å². The predicted molar refractivity (Wildman–Crippen MR) is 151 cm³/mol. The van der Waals surface area contributed by atoms with Crippen LogP contribution in [0.15, 0.2) is 41.4 Å². The Hall–Kier alpha value is -3.61. The normalized spacial score (nSPS) is 16.0. The molecule has 1 unspecified atom stereocenters. The second-order valence-electron chi connectivity index (χ2n) is 9.65. The highest BCUT2D eigenvalue weighted by atomic mass is 32.2. The first kappa shape index (κ1) is 29.4. The molecule has 0 radical (unpaired) electrons. The zero-order chi connectivity index (χ0) is 28.9. The van der Waals surface area contributed by atoms with E-state index in [1.807, 2.05) is 6.07 Å². The molecular weight excluding hydrogens is 536 g/mol. The summed E-state index contributed by atoms with van der Waals surface area (Å²) in [4.78, 5) is 13.0. The van der Waals surface area contributed by atoms with E-state index in [1.54, 1.807) is 65.6 Å². The van der Waals surface area contributed by atoms with Crippen molar-refractivity contribution in [1.29, 1.82) is 0 Å². The number of methoxy groups -OCH3 is 3. The average Bonchev–Trinajstić information content (AvgIpc) is 3.40. The lowest BCUT2D eigenvalue weighted by molar-refractivity contribution is -0.121. The first-order chi connectivity index (χ1) is 19.2. The molecular formula is C28H36N4O7S. The molecule has 1 aliphatic rings. The molecule has 1 amide bonds. The number of amides is 1. The van der Waals surface area contributed by atoms with E-state index in [2.05, 4.69) is 15.5 Å². The van der Waals surface area contributed by atoms with Crippen molar-refractivity contribution in [3.05, 3.63) is 47.7 Å². The number of aromatic nitrogens is 2. The Bertz CT molecular complexity index is 1430. The monoisotopic (exact) mass is 572 g/mol. The van der Waals surface area contributed by atoms with Crippen molar-refractivity contribution < 1.29 is 32.2 Å². The van der Waals surface area contributed by atoms with Crippen LogP contribution in [0.25, 0.3) is 11.1 Å². The lowest BCUT2D eigenvalue weighted by Gasteiger charge is -2.35. The van der Waals surface area contributed by atoms with Crippen LogP contribution in [-0.2, 0) is 19.6 Å². The quantitative estimate of drug-likeness (QED) is 0.353. The minimum absolute atomic E-state index is 0.104. The first-order valence-corrected chi connectivity index (χ1v) is 14.4. The molecule has 11 nitrogen and oxygen atoms in total. The van der Waals surface area contributed by atoms with E-state index < -0.39 is 15.9 Å². The Morgan fingerprint density at radius 1 is 1.05 bits per heavy atom. The van der Waals surface area contributed by atoms with Gasteiger partial charge >= 0.3 is 0 Å². The van der Waals surface area contributed by atoms with Gasteiger partial charge in [-0.15, -0.1) is 0 Å². The number of nitrogens with zero attached hydrogens (tertiary/aromatic N) is 2. The summed E-state index contributed by atoms with van der Waals surface area (Å²) in [6.07, 6.45) is 3.91. The second kappa shape index (κ2) is 12.7. The minimum atomic E-state index is -3.77. The summed E-state index contributed by atoms with van der Waals surface area (Å²) < 4.78 is 50.7. The number of H-pyrrole nitrogens is 1. The van der Waals surface area contributed by atoms with Crippen LogP contribution in [0, 0.1) is 13.8 Å². The molecule has 3 aromatic rings. The molecule has 1 aromatic heterocycles. The fourth-order valence-electron chi connectivity index (χ4n) is 5.08. The lowest BCUT2D eigenvalue weighted by Crippen LogP contribution is -2.46. The molecule has 12 heteroatoms. The molecule has 1 fully saturated rings. The fraction of sp³-hybridized carbons (Fsp3) is 0.429. The van der Waals surface area contributed by atoms with Crippen molar-refractivity contribution in [2.24, 2.45) is 0 Å². The van der Waals surface area contributed by atoms with Gasteiger partial charge in [-0.05, 0) is 67.6 Å². The van der Waals surface area contributed by atoms with E-state index in [0.29, 0.717) is 57.6 Å². The fourth-order valence-corrected chi connectivity index (χ4v) is 7.17. The highest BCUT2D eigenvalue weighted by Gasteiger charge is 2.35. The van der Waals surface area contributed by atoms with Gasteiger partial charge in [0.2, 0.25) is 10.0 Å². The Morgan fingerprint density at radius 3 is 2.45 bits per heavy atom. The highest BCUT2D eigenvalue weighted by Crippen LogP contribution is 2.35.